The first-order valence-electron chi connectivity index (χ1n) is 4.77. The third-order valence-corrected chi connectivity index (χ3v) is 2.26. The lowest BCUT2D eigenvalue weighted by atomic mass is 10.0. The van der Waals surface area contributed by atoms with Gasteiger partial charge in [-0.1, -0.05) is 12.1 Å². The van der Waals surface area contributed by atoms with Gasteiger partial charge in [0.2, 0.25) is 0 Å². The topological polar surface area (TPSA) is 56.8 Å². The third kappa shape index (κ3) is 2.72. The van der Waals surface area contributed by atoms with Crippen LogP contribution in [-0.2, 0) is 12.8 Å². The molecule has 1 aromatic carbocycles. The molecule has 0 aliphatic carbocycles. The van der Waals surface area contributed by atoms with Crippen molar-refractivity contribution in [1.82, 2.24) is 0 Å². The Bertz CT molecular complexity index is 390. The monoisotopic (exact) mass is 200 g/mol. The fraction of sp³-hybridized carbons (Fsp3) is 0.333. The van der Waals surface area contributed by atoms with Crippen LogP contribution >= 0.6 is 0 Å². The van der Waals surface area contributed by atoms with Gasteiger partial charge in [-0.25, -0.2) is 5.26 Å². The summed E-state index contributed by atoms with van der Waals surface area (Å²) in [5.74, 6) is 0.971. The standard InChI is InChI=1S/C11H11NO.CHN/c12-6-5-9-3-4-10-2-1-7-13-11(10)8-9;1-2/h3-4,8H,1-2,5,7H2;1H. The van der Waals surface area contributed by atoms with Crippen LogP contribution in [0.25, 0.3) is 0 Å². The molecule has 1 aliphatic heterocycles. The molecule has 1 aliphatic rings. The first kappa shape index (κ1) is 11.1. The smallest absolute Gasteiger partial charge is 0.122 e. The van der Waals surface area contributed by atoms with E-state index < -0.39 is 0 Å². The van der Waals surface area contributed by atoms with Crippen LogP contribution in [0.4, 0.5) is 0 Å². The molecule has 0 aromatic heterocycles. The molecule has 0 N–H and O–H groups in total. The number of aryl methyl sites for hydroxylation is 1. The van der Waals surface area contributed by atoms with Gasteiger partial charge in [-0.15, -0.1) is 0 Å². The fourth-order valence-corrected chi connectivity index (χ4v) is 1.59. The van der Waals surface area contributed by atoms with E-state index in [4.69, 9.17) is 15.3 Å². The number of fused-ring (bicyclic) bond motifs is 1. The highest BCUT2D eigenvalue weighted by Crippen LogP contribution is 2.25. The lowest BCUT2D eigenvalue weighted by Crippen LogP contribution is -2.08. The molecule has 0 saturated heterocycles. The van der Waals surface area contributed by atoms with E-state index in [2.05, 4.69) is 18.7 Å². The van der Waals surface area contributed by atoms with Crippen molar-refractivity contribution in [3.05, 3.63) is 29.3 Å². The fourth-order valence-electron chi connectivity index (χ4n) is 1.59. The molecular weight excluding hydrogens is 188 g/mol. The van der Waals surface area contributed by atoms with E-state index in [9.17, 15) is 0 Å². The Morgan fingerprint density at radius 2 is 2.20 bits per heavy atom. The van der Waals surface area contributed by atoms with Crippen LogP contribution in [0.15, 0.2) is 18.2 Å². The van der Waals surface area contributed by atoms with Gasteiger partial charge in [-0.05, 0) is 30.0 Å². The second-order valence-corrected chi connectivity index (χ2v) is 3.23. The average Bonchev–Trinajstić information content (AvgIpc) is 2.32. The highest BCUT2D eigenvalue weighted by molar-refractivity contribution is 5.39. The average molecular weight is 200 g/mol. The zero-order chi connectivity index (χ0) is 11.1. The van der Waals surface area contributed by atoms with Gasteiger partial charge < -0.3 is 4.74 Å². The Labute approximate surface area is 89.5 Å². The predicted octanol–water partition coefficient (Wildman–Crippen LogP) is 2.22. The van der Waals surface area contributed by atoms with Crippen molar-refractivity contribution in [2.24, 2.45) is 0 Å². The van der Waals surface area contributed by atoms with Crippen LogP contribution in [0.2, 0.25) is 0 Å². The molecule has 76 valence electrons. The van der Waals surface area contributed by atoms with Gasteiger partial charge in [0, 0.05) is 6.57 Å². The van der Waals surface area contributed by atoms with Crippen LogP contribution in [0.3, 0.4) is 0 Å². The summed E-state index contributed by atoms with van der Waals surface area (Å²) in [6.07, 6.45) is 2.67. The van der Waals surface area contributed by atoms with E-state index in [0.29, 0.717) is 6.42 Å². The van der Waals surface area contributed by atoms with Crippen LogP contribution in [0, 0.1) is 23.2 Å². The molecule has 0 bridgehead atoms. The maximum absolute atomic E-state index is 8.53. The second kappa shape index (κ2) is 5.67. The van der Waals surface area contributed by atoms with Crippen molar-refractivity contribution in [2.45, 2.75) is 19.3 Å². The molecule has 0 unspecified atom stereocenters. The maximum atomic E-state index is 8.53. The number of ether oxygens (including phenoxy) is 1. The molecular formula is C12H12N2O. The van der Waals surface area contributed by atoms with Crippen molar-refractivity contribution < 1.29 is 4.74 Å². The van der Waals surface area contributed by atoms with Crippen LogP contribution < -0.4 is 4.74 Å². The number of nitrogens with zero attached hydrogens (tertiary/aromatic N) is 2. The highest BCUT2D eigenvalue weighted by Gasteiger charge is 2.09. The Balaban J connectivity index is 0.000000531. The first-order chi connectivity index (χ1) is 7.40. The number of rotatable bonds is 1. The summed E-state index contributed by atoms with van der Waals surface area (Å²) in [6.45, 7) is 4.31. The molecule has 1 aromatic rings. The van der Waals surface area contributed by atoms with E-state index in [-0.39, 0.29) is 0 Å². The summed E-state index contributed by atoms with van der Waals surface area (Å²) in [4.78, 5) is 0. The summed E-state index contributed by atoms with van der Waals surface area (Å²) in [5.41, 5.74) is 2.32. The van der Waals surface area contributed by atoms with Crippen molar-refractivity contribution in [1.29, 1.82) is 10.5 Å². The SMILES string of the molecule is C#N.N#CCc1ccc2c(c1)OCCC2. The highest BCUT2D eigenvalue weighted by atomic mass is 16.5. The molecule has 1 heterocycles. The Kier molecular flexibility index (Phi) is 4.19. The molecule has 15 heavy (non-hydrogen) atoms. The number of hydrogen-bond acceptors (Lipinski definition) is 3. The minimum atomic E-state index is 0.469. The number of hydrogen-bond donors (Lipinski definition) is 0. The molecule has 0 spiro atoms. The normalized spacial score (nSPS) is 12.3. The summed E-state index contributed by atoms with van der Waals surface area (Å²) in [7, 11) is 0. The second-order valence-electron chi connectivity index (χ2n) is 3.23. The van der Waals surface area contributed by atoms with Crippen molar-refractivity contribution in [3.63, 3.8) is 0 Å². The molecule has 3 heteroatoms. The van der Waals surface area contributed by atoms with Crippen LogP contribution in [0.5, 0.6) is 5.75 Å². The van der Waals surface area contributed by atoms with Gasteiger partial charge >= 0.3 is 0 Å². The van der Waals surface area contributed by atoms with Gasteiger partial charge in [0.05, 0.1) is 19.1 Å². The first-order valence-corrected chi connectivity index (χ1v) is 4.77. The van der Waals surface area contributed by atoms with E-state index in [1.54, 1.807) is 0 Å². The zero-order valence-electron chi connectivity index (χ0n) is 8.44. The van der Waals surface area contributed by atoms with Gasteiger partial charge in [-0.3, -0.25) is 0 Å². The number of nitriles is 2. The van der Waals surface area contributed by atoms with Crippen LogP contribution in [0.1, 0.15) is 17.5 Å². The van der Waals surface area contributed by atoms with E-state index in [0.717, 1.165) is 30.8 Å². The lowest BCUT2D eigenvalue weighted by molar-refractivity contribution is 0.288. The predicted molar refractivity (Wildman–Crippen MR) is 56.2 cm³/mol. The minimum Gasteiger partial charge on any atom is -0.493 e. The van der Waals surface area contributed by atoms with Gasteiger partial charge in [0.25, 0.3) is 0 Å². The van der Waals surface area contributed by atoms with E-state index >= 15 is 0 Å². The third-order valence-electron chi connectivity index (χ3n) is 2.26. The quantitative estimate of drug-likeness (QED) is 0.698. The van der Waals surface area contributed by atoms with E-state index in [1.807, 2.05) is 12.1 Å². The summed E-state index contributed by atoms with van der Waals surface area (Å²) in [6, 6.07) is 8.20. The van der Waals surface area contributed by atoms with Crippen molar-refractivity contribution >= 4 is 0 Å². The Hall–Kier alpha value is -2.00. The lowest BCUT2D eigenvalue weighted by Gasteiger charge is -2.17. The number of benzene rings is 1. The molecule has 3 nitrogen and oxygen atoms in total. The maximum Gasteiger partial charge on any atom is 0.122 e. The van der Waals surface area contributed by atoms with Crippen molar-refractivity contribution in [3.8, 4) is 18.4 Å². The van der Waals surface area contributed by atoms with Gasteiger partial charge in [-0.2, -0.15) is 5.26 Å². The van der Waals surface area contributed by atoms with Gasteiger partial charge in [0.1, 0.15) is 5.75 Å². The van der Waals surface area contributed by atoms with Crippen molar-refractivity contribution in [2.75, 3.05) is 6.61 Å². The summed E-state index contributed by atoms with van der Waals surface area (Å²) in [5, 5.41) is 15.0. The zero-order valence-corrected chi connectivity index (χ0v) is 8.44. The Morgan fingerprint density at radius 3 is 2.93 bits per heavy atom. The largest absolute Gasteiger partial charge is 0.493 e. The summed E-state index contributed by atoms with van der Waals surface area (Å²) < 4.78 is 5.50. The minimum absolute atomic E-state index is 0.469. The molecule has 0 fully saturated rings. The Morgan fingerprint density at radius 1 is 1.40 bits per heavy atom. The van der Waals surface area contributed by atoms with E-state index in [1.165, 1.54) is 5.56 Å². The molecule has 0 amide bonds. The van der Waals surface area contributed by atoms with Gasteiger partial charge in [0.15, 0.2) is 0 Å². The summed E-state index contributed by atoms with van der Waals surface area (Å²) >= 11 is 0. The molecule has 0 atom stereocenters. The molecule has 0 saturated carbocycles. The molecule has 0 radical (unpaired) electrons. The molecule has 2 rings (SSSR count). The van der Waals surface area contributed by atoms with Crippen LogP contribution in [-0.4, -0.2) is 6.61 Å².